The second kappa shape index (κ2) is 6.56. The molecule has 116 valence electrons. The predicted octanol–water partition coefficient (Wildman–Crippen LogP) is 2.06. The van der Waals surface area contributed by atoms with E-state index in [2.05, 4.69) is 10.1 Å². The van der Waals surface area contributed by atoms with E-state index in [-0.39, 0.29) is 17.9 Å². The van der Waals surface area contributed by atoms with E-state index in [0.29, 0.717) is 12.4 Å². The molecule has 2 fully saturated rings. The van der Waals surface area contributed by atoms with Crippen molar-refractivity contribution in [2.45, 2.75) is 63.5 Å². The van der Waals surface area contributed by atoms with Crippen molar-refractivity contribution in [1.29, 1.82) is 0 Å². The lowest BCUT2D eigenvalue weighted by atomic mass is 9.84. The molecule has 1 aromatic rings. The molecular weight excluding hydrogens is 270 g/mol. The van der Waals surface area contributed by atoms with E-state index in [1.54, 1.807) is 4.90 Å². The maximum absolute atomic E-state index is 12.7. The van der Waals surface area contributed by atoms with Gasteiger partial charge >= 0.3 is 0 Å². The number of likely N-dealkylation sites (tertiary alicyclic amines) is 1. The summed E-state index contributed by atoms with van der Waals surface area (Å²) < 4.78 is 4.81. The van der Waals surface area contributed by atoms with Crippen LogP contribution in [-0.4, -0.2) is 38.7 Å². The van der Waals surface area contributed by atoms with Gasteiger partial charge in [0.05, 0.1) is 6.04 Å². The van der Waals surface area contributed by atoms with Gasteiger partial charge in [-0.05, 0) is 38.0 Å². The number of aliphatic hydroxyl groups excluding tert-OH is 1. The van der Waals surface area contributed by atoms with Crippen LogP contribution in [0.2, 0.25) is 0 Å². The first-order valence-corrected chi connectivity index (χ1v) is 8.02. The molecule has 1 amide bonds. The van der Waals surface area contributed by atoms with E-state index in [4.69, 9.17) is 4.52 Å². The highest BCUT2D eigenvalue weighted by Gasteiger charge is 2.37. The van der Waals surface area contributed by atoms with Crippen molar-refractivity contribution < 1.29 is 14.4 Å². The van der Waals surface area contributed by atoms with Crippen molar-refractivity contribution in [3.8, 4) is 0 Å². The number of hydrogen-bond donors (Lipinski definition) is 1. The molecular formula is C15H23N3O3. The van der Waals surface area contributed by atoms with Gasteiger partial charge in [0.1, 0.15) is 6.10 Å². The first kappa shape index (κ1) is 14.5. The van der Waals surface area contributed by atoms with E-state index in [9.17, 15) is 9.90 Å². The molecule has 0 bridgehead atoms. The van der Waals surface area contributed by atoms with Crippen LogP contribution < -0.4 is 0 Å². The molecule has 21 heavy (non-hydrogen) atoms. The van der Waals surface area contributed by atoms with Gasteiger partial charge < -0.3 is 14.5 Å². The normalized spacial score (nSPS) is 25.8. The summed E-state index contributed by atoms with van der Waals surface area (Å²) in [5.41, 5.74) is 0. The lowest BCUT2D eigenvalue weighted by Gasteiger charge is -2.37. The van der Waals surface area contributed by atoms with E-state index in [1.807, 2.05) is 0 Å². The average molecular weight is 293 g/mol. The Hall–Kier alpha value is -1.43. The number of amides is 1. The summed E-state index contributed by atoms with van der Waals surface area (Å²) in [6.07, 6.45) is 8.62. The fraction of sp³-hybridized carbons (Fsp3) is 0.800. The smallest absolute Gasteiger partial charge is 0.252 e. The third-order valence-electron chi connectivity index (χ3n) is 4.81. The zero-order valence-electron chi connectivity index (χ0n) is 12.3. The monoisotopic (exact) mass is 293 g/mol. The average Bonchev–Trinajstić information content (AvgIpc) is 3.08. The van der Waals surface area contributed by atoms with Crippen molar-refractivity contribution in [2.24, 2.45) is 5.92 Å². The Morgan fingerprint density at radius 3 is 2.71 bits per heavy atom. The maximum Gasteiger partial charge on any atom is 0.252 e. The van der Waals surface area contributed by atoms with Gasteiger partial charge in [-0.25, -0.2) is 0 Å². The molecule has 3 rings (SSSR count). The minimum absolute atomic E-state index is 0.110. The molecule has 1 saturated heterocycles. The molecule has 6 heteroatoms. The molecule has 1 aliphatic heterocycles. The van der Waals surface area contributed by atoms with Crippen molar-refractivity contribution in [3.63, 3.8) is 0 Å². The molecule has 2 heterocycles. The summed E-state index contributed by atoms with van der Waals surface area (Å²) in [6.45, 7) is 0.668. The number of nitrogens with zero attached hydrogens (tertiary/aromatic N) is 3. The standard InChI is InChI=1S/C15H23N3O3/c19-13(11-6-2-1-3-7-11)15(20)18-9-5-4-8-12(18)14-16-10-21-17-14/h10-13,19H,1-9H2. The molecule has 2 atom stereocenters. The number of carbonyl (C=O) groups is 1. The Labute approximate surface area is 124 Å². The summed E-state index contributed by atoms with van der Waals surface area (Å²) in [5.74, 6) is 0.509. The summed E-state index contributed by atoms with van der Waals surface area (Å²) in [7, 11) is 0. The van der Waals surface area contributed by atoms with E-state index in [0.717, 1.165) is 44.9 Å². The highest BCUT2D eigenvalue weighted by Crippen LogP contribution is 2.32. The Bertz CT molecular complexity index is 457. The quantitative estimate of drug-likeness (QED) is 0.922. The number of piperidine rings is 1. The zero-order valence-corrected chi connectivity index (χ0v) is 12.3. The summed E-state index contributed by atoms with van der Waals surface area (Å²) >= 11 is 0. The Morgan fingerprint density at radius 1 is 1.24 bits per heavy atom. The number of hydrogen-bond acceptors (Lipinski definition) is 5. The van der Waals surface area contributed by atoms with Crippen LogP contribution in [0.5, 0.6) is 0 Å². The van der Waals surface area contributed by atoms with Crippen LogP contribution in [0.25, 0.3) is 0 Å². The second-order valence-electron chi connectivity index (χ2n) is 6.18. The van der Waals surface area contributed by atoms with Gasteiger partial charge in [0.25, 0.3) is 5.91 Å². The molecule has 2 aliphatic rings. The van der Waals surface area contributed by atoms with E-state index in [1.165, 1.54) is 12.8 Å². The molecule has 1 aliphatic carbocycles. The van der Waals surface area contributed by atoms with E-state index >= 15 is 0 Å². The van der Waals surface area contributed by atoms with Crippen molar-refractivity contribution in [3.05, 3.63) is 12.2 Å². The molecule has 1 saturated carbocycles. The van der Waals surface area contributed by atoms with Crippen molar-refractivity contribution in [1.82, 2.24) is 15.0 Å². The highest BCUT2D eigenvalue weighted by atomic mass is 16.5. The van der Waals surface area contributed by atoms with Gasteiger partial charge in [-0.1, -0.05) is 24.4 Å². The first-order valence-electron chi connectivity index (χ1n) is 8.02. The lowest BCUT2D eigenvalue weighted by Crippen LogP contribution is -2.47. The summed E-state index contributed by atoms with van der Waals surface area (Å²) in [5, 5.41) is 14.3. The van der Waals surface area contributed by atoms with Gasteiger partial charge in [-0.3, -0.25) is 4.79 Å². The van der Waals surface area contributed by atoms with Crippen LogP contribution in [0.1, 0.15) is 63.2 Å². The summed E-state index contributed by atoms with van der Waals surface area (Å²) in [4.78, 5) is 18.5. The van der Waals surface area contributed by atoms with Crippen molar-refractivity contribution >= 4 is 5.91 Å². The summed E-state index contributed by atoms with van der Waals surface area (Å²) in [6, 6.07) is -0.150. The van der Waals surface area contributed by atoms with Crippen LogP contribution in [-0.2, 0) is 4.79 Å². The molecule has 1 N–H and O–H groups in total. The van der Waals surface area contributed by atoms with Crippen LogP contribution >= 0.6 is 0 Å². The second-order valence-corrected chi connectivity index (χ2v) is 6.18. The third kappa shape index (κ3) is 3.10. The minimum atomic E-state index is -0.877. The fourth-order valence-electron chi connectivity index (χ4n) is 3.61. The molecule has 0 radical (unpaired) electrons. The minimum Gasteiger partial charge on any atom is -0.383 e. The van der Waals surface area contributed by atoms with Gasteiger partial charge in [0.15, 0.2) is 5.82 Å². The van der Waals surface area contributed by atoms with E-state index < -0.39 is 6.10 Å². The van der Waals surface area contributed by atoms with Crippen molar-refractivity contribution in [2.75, 3.05) is 6.54 Å². The number of aliphatic hydroxyl groups is 1. The Kier molecular flexibility index (Phi) is 4.53. The zero-order chi connectivity index (χ0) is 14.7. The van der Waals surface area contributed by atoms with Crippen LogP contribution in [0, 0.1) is 5.92 Å². The molecule has 6 nitrogen and oxygen atoms in total. The van der Waals surface area contributed by atoms with Crippen LogP contribution in [0.4, 0.5) is 0 Å². The molecule has 0 spiro atoms. The van der Waals surface area contributed by atoms with Gasteiger partial charge in [0.2, 0.25) is 6.39 Å². The predicted molar refractivity (Wildman–Crippen MR) is 75.2 cm³/mol. The van der Waals surface area contributed by atoms with Gasteiger partial charge in [-0.15, -0.1) is 0 Å². The largest absolute Gasteiger partial charge is 0.383 e. The fourth-order valence-corrected chi connectivity index (χ4v) is 3.61. The van der Waals surface area contributed by atoms with Gasteiger partial charge in [-0.2, -0.15) is 4.98 Å². The number of aromatic nitrogens is 2. The van der Waals surface area contributed by atoms with Crippen LogP contribution in [0.15, 0.2) is 10.9 Å². The Balaban J connectivity index is 1.71. The number of rotatable bonds is 3. The SMILES string of the molecule is O=C(C(O)C1CCCCC1)N1CCCCC1c1ncon1. The molecule has 2 unspecified atom stereocenters. The van der Waals surface area contributed by atoms with Gasteiger partial charge in [0, 0.05) is 6.54 Å². The maximum atomic E-state index is 12.7. The molecule has 0 aromatic carbocycles. The number of carbonyl (C=O) groups excluding carboxylic acids is 1. The third-order valence-corrected chi connectivity index (χ3v) is 4.81. The molecule has 1 aromatic heterocycles. The Morgan fingerprint density at radius 2 is 2.00 bits per heavy atom. The highest BCUT2D eigenvalue weighted by molar-refractivity contribution is 5.81. The van der Waals surface area contributed by atoms with Crippen LogP contribution in [0.3, 0.4) is 0 Å². The first-order chi connectivity index (χ1) is 10.3. The topological polar surface area (TPSA) is 79.5 Å². The lowest BCUT2D eigenvalue weighted by molar-refractivity contribution is -0.148.